The summed E-state index contributed by atoms with van der Waals surface area (Å²) < 4.78 is 21.3. The summed E-state index contributed by atoms with van der Waals surface area (Å²) in [7, 11) is 0. The topological polar surface area (TPSA) is 6.48 Å². The minimum atomic E-state index is 0.416. The number of fused-ring (bicyclic) bond motifs is 36. The van der Waals surface area contributed by atoms with Crippen LogP contribution in [0.15, 0.2) is 358 Å². The van der Waals surface area contributed by atoms with Crippen LogP contribution in [-0.4, -0.2) is 0 Å². The molecule has 129 heavy (non-hydrogen) atoms. The third kappa shape index (κ3) is 10.8. The van der Waals surface area contributed by atoms with Crippen molar-refractivity contribution in [2.24, 2.45) is 0 Å². The molecule has 0 aliphatic heterocycles. The fraction of sp³-hybridized carbons (Fsp3) is 0.0252. The molecule has 0 bridgehead atoms. The van der Waals surface area contributed by atoms with Gasteiger partial charge in [0.2, 0.25) is 0 Å². The van der Waals surface area contributed by atoms with E-state index >= 15 is 0 Å². The van der Waals surface area contributed by atoms with Crippen LogP contribution in [0.25, 0.3) is 259 Å². The predicted molar refractivity (Wildman–Crippen MR) is 578 cm³/mol. The molecular weight excluding hydrogens is 1710 g/mol. The van der Waals surface area contributed by atoms with Crippen molar-refractivity contribution in [2.45, 2.75) is 19.8 Å². The van der Waals surface area contributed by atoms with E-state index in [0.717, 1.165) is 34.1 Å². The zero-order chi connectivity index (χ0) is 84.0. The molecule has 0 atom stereocenters. The summed E-state index contributed by atoms with van der Waals surface area (Å²) in [5, 5.41) is 41.5. The predicted octanol–water partition coefficient (Wildman–Crippen LogP) is 39.6. The average Bonchev–Trinajstić information content (AvgIpc) is 1.55. The lowest BCUT2D eigenvalue weighted by Crippen LogP contribution is -2.10. The van der Waals surface area contributed by atoms with Crippen LogP contribution >= 0.6 is 90.7 Å². The summed E-state index contributed by atoms with van der Waals surface area (Å²) >= 11 is 15.5. The monoisotopic (exact) mass is 1780 g/mol. The van der Waals surface area contributed by atoms with Crippen LogP contribution in [0.5, 0.6) is 0 Å². The maximum Gasteiger partial charge on any atom is 0.0468 e. The van der Waals surface area contributed by atoms with Gasteiger partial charge in [0.1, 0.15) is 0 Å². The zero-order valence-corrected chi connectivity index (χ0v) is 75.8. The van der Waals surface area contributed by atoms with E-state index in [2.05, 4.69) is 382 Å². The van der Waals surface area contributed by atoms with Crippen molar-refractivity contribution < 1.29 is 0 Å². The smallest absolute Gasteiger partial charge is 0.0468 e. The first-order chi connectivity index (χ1) is 63.6. The van der Waals surface area contributed by atoms with Gasteiger partial charge in [-0.2, -0.15) is 0 Å². The third-order valence-corrected chi connectivity index (χ3v) is 37.2. The second kappa shape index (κ2) is 26.9. The Morgan fingerprint density at radius 3 is 0.853 bits per heavy atom. The van der Waals surface area contributed by atoms with Gasteiger partial charge < -0.3 is 9.80 Å². The van der Waals surface area contributed by atoms with Gasteiger partial charge in [0.25, 0.3) is 0 Å². The summed E-state index contributed by atoms with van der Waals surface area (Å²) in [4.78, 5) is 4.91. The normalized spacial score (nSPS) is 12.6. The molecule has 600 valence electrons. The molecule has 2 nitrogen and oxygen atoms in total. The Balaban J connectivity index is 0.519. The maximum absolute atomic E-state index is 2.54. The lowest BCUT2D eigenvalue weighted by atomic mass is 9.95. The standard InChI is InChI=1S/C119H66N2S8/c1-62(2)63-22-28-82(29-23-63)121(85-32-26-72-50-97-109(59-79(72)43-85)123-101-38-35-88-92-46-65-13-7-10-16-68(65)54-104(92)126-116(88)112(97)101)86-33-27-73-51-99-110(60-80(73)44-86)129-118-90(61-95-94-47-66-14-8-11-17-69(66)55-106(94)128-119(95)114(99)118)75-21-20-74-56-105-93(52-76(74)40-75)89-36-39-102-113(117(89)127-105)98-49-71-25-31-84(42-78(71)58-108(98)124-102)120(81-18-4-3-5-19-81)83-30-24-70-48-96-107(57-77(70)41-83)122-100-37-34-87-91-45-64-12-6-9-15-67(64)53-103(91)125-115(87)111(96)100/h3-62H,1-2H3. The van der Waals surface area contributed by atoms with Gasteiger partial charge in [-0.3, -0.25) is 0 Å². The Bertz CT molecular complexity index is 10300. The molecule has 10 heteroatoms. The number of anilines is 6. The first-order valence-corrected chi connectivity index (χ1v) is 50.5. The largest absolute Gasteiger partial charge is 0.310 e. The van der Waals surface area contributed by atoms with Crippen molar-refractivity contribution in [3.63, 3.8) is 0 Å². The van der Waals surface area contributed by atoms with Gasteiger partial charge in [-0.25, -0.2) is 0 Å². The number of thiophene rings is 8. The minimum Gasteiger partial charge on any atom is -0.310 e. The number of para-hydroxylation sites is 1. The number of hydrogen-bond acceptors (Lipinski definition) is 10. The summed E-state index contributed by atoms with van der Waals surface area (Å²) in [6.45, 7) is 4.57. The van der Waals surface area contributed by atoms with Gasteiger partial charge in [0, 0.05) is 201 Å². The number of hydrogen-bond donors (Lipinski definition) is 0. The van der Waals surface area contributed by atoms with E-state index in [1.165, 1.54) is 264 Å². The van der Waals surface area contributed by atoms with E-state index in [4.69, 9.17) is 0 Å². The summed E-state index contributed by atoms with van der Waals surface area (Å²) in [5.41, 5.74) is 10.6. The van der Waals surface area contributed by atoms with Crippen LogP contribution in [0.1, 0.15) is 25.3 Å². The summed E-state index contributed by atoms with van der Waals surface area (Å²) in [6.07, 6.45) is 0. The molecule has 0 aliphatic rings. The van der Waals surface area contributed by atoms with Crippen molar-refractivity contribution in [3.05, 3.63) is 363 Å². The first-order valence-electron chi connectivity index (χ1n) is 44.0. The molecular formula is C119H66N2S8. The highest BCUT2D eigenvalue weighted by molar-refractivity contribution is 7.32. The Kier molecular flexibility index (Phi) is 15.1. The molecule has 0 spiro atoms. The van der Waals surface area contributed by atoms with Crippen LogP contribution in [0, 0.1) is 0 Å². The number of rotatable bonds is 8. The molecule has 0 fully saturated rings. The molecule has 0 saturated carbocycles. The lowest BCUT2D eigenvalue weighted by molar-refractivity contribution is 0.866. The number of nitrogens with zero attached hydrogens (tertiary/aromatic N) is 2. The molecule has 22 aromatic carbocycles. The number of benzene rings is 22. The van der Waals surface area contributed by atoms with Gasteiger partial charge in [-0.15, -0.1) is 90.7 Å². The first kappa shape index (κ1) is 72.3. The Morgan fingerprint density at radius 1 is 0.171 bits per heavy atom. The molecule has 0 radical (unpaired) electrons. The minimum absolute atomic E-state index is 0.416. The molecule has 0 N–H and O–H groups in total. The fourth-order valence-electron chi connectivity index (χ4n) is 21.6. The summed E-state index contributed by atoms with van der Waals surface area (Å²) in [5.74, 6) is 0.416. The second-order valence-electron chi connectivity index (χ2n) is 35.5. The van der Waals surface area contributed by atoms with E-state index in [0.29, 0.717) is 5.92 Å². The Morgan fingerprint density at radius 2 is 0.450 bits per heavy atom. The van der Waals surface area contributed by atoms with Crippen LogP contribution in [0.2, 0.25) is 0 Å². The summed E-state index contributed by atoms with van der Waals surface area (Å²) in [6, 6.07) is 138. The highest BCUT2D eigenvalue weighted by Gasteiger charge is 2.26. The molecule has 8 heterocycles. The van der Waals surface area contributed by atoms with Crippen LogP contribution in [0.4, 0.5) is 34.1 Å². The lowest BCUT2D eigenvalue weighted by Gasteiger charge is -2.26. The van der Waals surface area contributed by atoms with Crippen molar-refractivity contribution in [2.75, 3.05) is 9.80 Å². The van der Waals surface area contributed by atoms with Crippen molar-refractivity contribution in [1.82, 2.24) is 0 Å². The van der Waals surface area contributed by atoms with Crippen LogP contribution < -0.4 is 9.80 Å². The van der Waals surface area contributed by atoms with Gasteiger partial charge in [-0.05, 0) is 303 Å². The molecule has 0 amide bonds. The second-order valence-corrected chi connectivity index (χ2v) is 44.0. The molecule has 30 rings (SSSR count). The third-order valence-electron chi connectivity index (χ3n) is 27.9. The van der Waals surface area contributed by atoms with E-state index < -0.39 is 0 Å². The highest BCUT2D eigenvalue weighted by atomic mass is 32.1. The van der Waals surface area contributed by atoms with E-state index in [1.807, 2.05) is 90.7 Å². The molecule has 0 saturated heterocycles. The Hall–Kier alpha value is -13.7. The van der Waals surface area contributed by atoms with E-state index in [-0.39, 0.29) is 0 Å². The highest BCUT2D eigenvalue weighted by Crippen LogP contribution is 2.56. The quantitative estimate of drug-likeness (QED) is 0.150. The van der Waals surface area contributed by atoms with E-state index in [1.54, 1.807) is 0 Å². The van der Waals surface area contributed by atoms with E-state index in [9.17, 15) is 0 Å². The fourth-order valence-corrected chi connectivity index (χ4v) is 31.7. The van der Waals surface area contributed by atoms with Crippen molar-refractivity contribution in [1.29, 1.82) is 0 Å². The van der Waals surface area contributed by atoms with Gasteiger partial charge in [0.15, 0.2) is 0 Å². The van der Waals surface area contributed by atoms with Crippen molar-refractivity contribution in [3.8, 4) is 11.1 Å². The Labute approximate surface area is 769 Å². The average molecular weight is 1780 g/mol. The molecule has 8 aromatic heterocycles. The van der Waals surface area contributed by atoms with Gasteiger partial charge >= 0.3 is 0 Å². The van der Waals surface area contributed by atoms with Gasteiger partial charge in [0.05, 0.1) is 0 Å². The SMILES string of the molecule is CC(C)c1ccc(N(c2ccc3cc4c(cc3c2)sc2ccc3c5cc6ccccc6cc5sc3c24)c2ccc3cc4c(cc3c2)sc2c(-c3ccc5cc6sc7c(ccc8sc9cc%10cc(N(c%11ccccc%11)c%11ccc%12cc%13c(cc%12c%11)sc%11ccc%12c%14cc%15ccccc%15cc%14sc%12c%11%13)ccc%10cc9c87)c6cc5c3)cc3c5cc6ccccc6cc5sc3c24)cc1. The van der Waals surface area contributed by atoms with Crippen LogP contribution in [-0.2, 0) is 0 Å². The van der Waals surface area contributed by atoms with Gasteiger partial charge in [-0.1, -0.05) is 172 Å². The maximum atomic E-state index is 2.54. The van der Waals surface area contributed by atoms with Crippen molar-refractivity contribution >= 4 is 372 Å². The molecule has 0 unspecified atom stereocenters. The van der Waals surface area contributed by atoms with Crippen LogP contribution in [0.3, 0.4) is 0 Å². The zero-order valence-electron chi connectivity index (χ0n) is 69.3. The molecule has 30 aromatic rings. The molecule has 0 aliphatic carbocycles.